The molecule has 1 aromatic rings. The first-order valence-electron chi connectivity index (χ1n) is 6.68. The number of hydrogen-bond donors (Lipinski definition) is 2. The molecule has 0 unspecified atom stereocenters. The number of hydrogen-bond acceptors (Lipinski definition) is 3. The van der Waals surface area contributed by atoms with Gasteiger partial charge in [-0.1, -0.05) is 32.0 Å². The van der Waals surface area contributed by atoms with E-state index in [1.807, 2.05) is 32.9 Å². The van der Waals surface area contributed by atoms with Crippen LogP contribution in [0.2, 0.25) is 0 Å². The highest BCUT2D eigenvalue weighted by molar-refractivity contribution is 7.89. The molecule has 1 aliphatic rings. The lowest BCUT2D eigenvalue weighted by Crippen LogP contribution is -2.35. The molecule has 0 radical (unpaired) electrons. The third-order valence-electron chi connectivity index (χ3n) is 3.34. The average Bonchev–Trinajstić information content (AvgIpc) is 3.03. The van der Waals surface area contributed by atoms with Crippen LogP contribution < -0.4 is 10.0 Å². The van der Waals surface area contributed by atoms with Crippen LogP contribution in [0.5, 0.6) is 0 Å². The van der Waals surface area contributed by atoms with E-state index >= 15 is 0 Å². The first-order valence-corrected chi connectivity index (χ1v) is 8.16. The maximum Gasteiger partial charge on any atom is 0.241 e. The third kappa shape index (κ3) is 3.78. The Kier molecular flexibility index (Phi) is 3.99. The van der Waals surface area contributed by atoms with Gasteiger partial charge in [0.05, 0.1) is 4.90 Å². The van der Waals surface area contributed by atoms with E-state index in [1.165, 1.54) is 0 Å². The summed E-state index contributed by atoms with van der Waals surface area (Å²) >= 11 is 0. The average molecular weight is 282 g/mol. The number of sulfonamides is 1. The highest BCUT2D eigenvalue weighted by Crippen LogP contribution is 2.36. The van der Waals surface area contributed by atoms with E-state index in [1.54, 1.807) is 12.1 Å². The summed E-state index contributed by atoms with van der Waals surface area (Å²) in [4.78, 5) is 0.385. The number of nitrogens with one attached hydrogen (secondary N) is 2. The van der Waals surface area contributed by atoms with Gasteiger partial charge in [-0.15, -0.1) is 0 Å². The molecule has 19 heavy (non-hydrogen) atoms. The molecule has 1 aromatic carbocycles. The zero-order valence-corrected chi connectivity index (χ0v) is 12.5. The van der Waals surface area contributed by atoms with E-state index in [4.69, 9.17) is 0 Å². The quantitative estimate of drug-likeness (QED) is 0.839. The molecule has 0 atom stereocenters. The van der Waals surface area contributed by atoms with Crippen molar-refractivity contribution in [3.05, 3.63) is 29.8 Å². The Morgan fingerprint density at radius 1 is 1.26 bits per heavy atom. The van der Waals surface area contributed by atoms with Gasteiger partial charge in [0.1, 0.15) is 0 Å². The fourth-order valence-corrected chi connectivity index (χ4v) is 3.60. The van der Waals surface area contributed by atoms with Crippen LogP contribution in [-0.2, 0) is 16.6 Å². The minimum atomic E-state index is -3.42. The standard InChI is InChI=1S/C14H22N2O2S/c1-11(2)15-10-12-6-4-5-7-13(12)19(17,18)16-14(3)8-9-14/h4-7,11,15-16H,8-10H2,1-3H3. The highest BCUT2D eigenvalue weighted by atomic mass is 32.2. The maximum absolute atomic E-state index is 12.4. The second kappa shape index (κ2) is 5.23. The van der Waals surface area contributed by atoms with Crippen LogP contribution in [-0.4, -0.2) is 20.0 Å². The summed E-state index contributed by atoms with van der Waals surface area (Å²) < 4.78 is 27.6. The lowest BCUT2D eigenvalue weighted by Gasteiger charge is -2.16. The van der Waals surface area contributed by atoms with Gasteiger partial charge >= 0.3 is 0 Å². The molecule has 2 N–H and O–H groups in total. The van der Waals surface area contributed by atoms with Crippen molar-refractivity contribution in [3.8, 4) is 0 Å². The van der Waals surface area contributed by atoms with Gasteiger partial charge in [0.25, 0.3) is 0 Å². The first-order chi connectivity index (χ1) is 8.82. The Bertz CT molecular complexity index is 548. The summed E-state index contributed by atoms with van der Waals surface area (Å²) in [6.45, 7) is 6.59. The molecule has 0 heterocycles. The summed E-state index contributed by atoms with van der Waals surface area (Å²) in [6, 6.07) is 7.49. The van der Waals surface area contributed by atoms with E-state index in [9.17, 15) is 8.42 Å². The monoisotopic (exact) mass is 282 g/mol. The Hall–Kier alpha value is -0.910. The molecule has 0 bridgehead atoms. The maximum atomic E-state index is 12.4. The van der Waals surface area contributed by atoms with Crippen molar-refractivity contribution in [1.29, 1.82) is 0 Å². The predicted octanol–water partition coefficient (Wildman–Crippen LogP) is 2.02. The molecule has 4 nitrogen and oxygen atoms in total. The van der Waals surface area contributed by atoms with Crippen molar-refractivity contribution < 1.29 is 8.42 Å². The lowest BCUT2D eigenvalue weighted by atomic mass is 10.2. The van der Waals surface area contributed by atoms with Crippen LogP contribution in [0.25, 0.3) is 0 Å². The van der Waals surface area contributed by atoms with Crippen LogP contribution in [0, 0.1) is 0 Å². The molecule has 1 aliphatic carbocycles. The smallest absolute Gasteiger partial charge is 0.241 e. The minimum absolute atomic E-state index is 0.239. The van der Waals surface area contributed by atoms with Gasteiger partial charge in [-0.2, -0.15) is 0 Å². The van der Waals surface area contributed by atoms with Gasteiger partial charge in [0.2, 0.25) is 10.0 Å². The van der Waals surface area contributed by atoms with Gasteiger partial charge in [0.15, 0.2) is 0 Å². The summed E-state index contributed by atoms with van der Waals surface area (Å²) in [7, 11) is -3.42. The van der Waals surface area contributed by atoms with E-state index in [0.29, 0.717) is 17.5 Å². The Morgan fingerprint density at radius 3 is 2.47 bits per heavy atom. The zero-order valence-electron chi connectivity index (χ0n) is 11.7. The molecule has 0 aliphatic heterocycles. The summed E-state index contributed by atoms with van der Waals surface area (Å²) in [6.07, 6.45) is 1.83. The summed E-state index contributed by atoms with van der Waals surface area (Å²) in [5, 5.41) is 3.26. The van der Waals surface area contributed by atoms with Crippen molar-refractivity contribution in [2.75, 3.05) is 0 Å². The topological polar surface area (TPSA) is 58.2 Å². The molecule has 5 heteroatoms. The van der Waals surface area contributed by atoms with Crippen LogP contribution in [0.4, 0.5) is 0 Å². The fraction of sp³-hybridized carbons (Fsp3) is 0.571. The first kappa shape index (κ1) is 14.5. The van der Waals surface area contributed by atoms with Crippen molar-refractivity contribution in [1.82, 2.24) is 10.0 Å². The van der Waals surface area contributed by atoms with Gasteiger partial charge in [0, 0.05) is 18.1 Å². The molecular weight excluding hydrogens is 260 g/mol. The molecule has 106 valence electrons. The molecule has 2 rings (SSSR count). The third-order valence-corrected chi connectivity index (χ3v) is 5.08. The number of benzene rings is 1. The van der Waals surface area contributed by atoms with Crippen LogP contribution >= 0.6 is 0 Å². The van der Waals surface area contributed by atoms with E-state index in [0.717, 1.165) is 18.4 Å². The molecule has 0 amide bonds. The van der Waals surface area contributed by atoms with Crippen molar-refractivity contribution >= 4 is 10.0 Å². The largest absolute Gasteiger partial charge is 0.310 e. The van der Waals surface area contributed by atoms with Crippen LogP contribution in [0.1, 0.15) is 39.2 Å². The molecule has 0 saturated heterocycles. The highest BCUT2D eigenvalue weighted by Gasteiger charge is 2.41. The number of rotatable bonds is 6. The minimum Gasteiger partial charge on any atom is -0.310 e. The molecule has 0 spiro atoms. The predicted molar refractivity (Wildman–Crippen MR) is 76.4 cm³/mol. The summed E-state index contributed by atoms with van der Waals surface area (Å²) in [5.74, 6) is 0. The zero-order chi connectivity index (χ0) is 14.1. The van der Waals surface area contributed by atoms with Gasteiger partial charge < -0.3 is 5.32 Å². The van der Waals surface area contributed by atoms with Crippen molar-refractivity contribution in [2.45, 2.75) is 56.6 Å². The van der Waals surface area contributed by atoms with Crippen LogP contribution in [0.15, 0.2) is 29.2 Å². The van der Waals surface area contributed by atoms with Gasteiger partial charge in [-0.3, -0.25) is 0 Å². The van der Waals surface area contributed by atoms with Gasteiger partial charge in [-0.05, 0) is 31.4 Å². The molecule has 1 saturated carbocycles. The van der Waals surface area contributed by atoms with Crippen molar-refractivity contribution in [3.63, 3.8) is 0 Å². The molecule has 1 fully saturated rings. The normalized spacial score (nSPS) is 17.7. The van der Waals surface area contributed by atoms with E-state index in [2.05, 4.69) is 10.0 Å². The van der Waals surface area contributed by atoms with E-state index < -0.39 is 10.0 Å². The summed E-state index contributed by atoms with van der Waals surface area (Å²) in [5.41, 5.74) is 0.574. The Balaban J connectivity index is 2.23. The fourth-order valence-electron chi connectivity index (χ4n) is 1.90. The van der Waals surface area contributed by atoms with Crippen molar-refractivity contribution in [2.24, 2.45) is 0 Å². The van der Waals surface area contributed by atoms with Gasteiger partial charge in [-0.25, -0.2) is 13.1 Å². The Labute approximate surface area is 115 Å². The SMILES string of the molecule is CC(C)NCc1ccccc1S(=O)(=O)NC1(C)CC1. The van der Waals surface area contributed by atoms with Crippen LogP contribution in [0.3, 0.4) is 0 Å². The second-order valence-corrected chi connectivity index (χ2v) is 7.46. The lowest BCUT2D eigenvalue weighted by molar-refractivity contribution is 0.551. The molecular formula is C14H22N2O2S. The van der Waals surface area contributed by atoms with E-state index in [-0.39, 0.29) is 5.54 Å². The Morgan fingerprint density at radius 2 is 1.89 bits per heavy atom. The second-order valence-electron chi connectivity index (χ2n) is 5.81. The molecule has 0 aromatic heterocycles.